The Bertz CT molecular complexity index is 886. The Morgan fingerprint density at radius 3 is 2.77 bits per heavy atom. The summed E-state index contributed by atoms with van der Waals surface area (Å²) in [6.07, 6.45) is 2.80. The molecule has 7 heteroatoms. The van der Waals surface area contributed by atoms with E-state index in [1.54, 1.807) is 26.0 Å². The molecule has 0 aliphatic carbocycles. The molecule has 0 saturated heterocycles. The number of hydrogen-bond acceptors (Lipinski definition) is 5. The van der Waals surface area contributed by atoms with E-state index in [0.717, 1.165) is 0 Å². The molecule has 22 heavy (non-hydrogen) atoms. The third kappa shape index (κ3) is 2.12. The number of carbonyl (C=O) groups is 1. The predicted molar refractivity (Wildman–Crippen MR) is 80.8 cm³/mol. The van der Waals surface area contributed by atoms with E-state index in [4.69, 9.17) is 0 Å². The van der Waals surface area contributed by atoms with E-state index in [0.29, 0.717) is 28.1 Å². The zero-order valence-electron chi connectivity index (χ0n) is 12.0. The highest BCUT2D eigenvalue weighted by atomic mass is 16.4. The summed E-state index contributed by atoms with van der Waals surface area (Å²) in [5, 5.41) is 26.1. The molecule has 0 saturated carbocycles. The summed E-state index contributed by atoms with van der Waals surface area (Å²) in [5.41, 5.74) is 2.72. The molecule has 0 unspecified atom stereocenters. The van der Waals surface area contributed by atoms with Crippen LogP contribution in [0.3, 0.4) is 0 Å². The lowest BCUT2D eigenvalue weighted by Gasteiger charge is -2.11. The maximum atomic E-state index is 11.2. The lowest BCUT2D eigenvalue weighted by molar-refractivity contribution is 0.0696. The van der Waals surface area contributed by atoms with Gasteiger partial charge in [-0.2, -0.15) is 5.10 Å². The third-order valence-corrected chi connectivity index (χ3v) is 3.62. The van der Waals surface area contributed by atoms with Crippen LogP contribution in [0.25, 0.3) is 5.52 Å². The van der Waals surface area contributed by atoms with Gasteiger partial charge in [-0.3, -0.25) is 0 Å². The molecule has 0 aliphatic heterocycles. The van der Waals surface area contributed by atoms with Gasteiger partial charge in [0.25, 0.3) is 0 Å². The van der Waals surface area contributed by atoms with Gasteiger partial charge in [-0.1, -0.05) is 6.07 Å². The smallest absolute Gasteiger partial charge is 0.337 e. The van der Waals surface area contributed by atoms with E-state index in [1.807, 2.05) is 6.07 Å². The molecular weight excluding hydrogens is 284 g/mol. The number of carboxylic acids is 1. The summed E-state index contributed by atoms with van der Waals surface area (Å²) in [6, 6.07) is 5.13. The van der Waals surface area contributed by atoms with Crippen molar-refractivity contribution in [3.05, 3.63) is 47.4 Å². The number of carboxylic acid groups (broad SMARTS) is 1. The number of aryl methyl sites for hydroxylation is 1. The van der Waals surface area contributed by atoms with Crippen LogP contribution in [0, 0.1) is 13.8 Å². The number of phenols is 1. The van der Waals surface area contributed by atoms with Crippen LogP contribution in [0.5, 0.6) is 5.75 Å². The Kier molecular flexibility index (Phi) is 3.17. The van der Waals surface area contributed by atoms with Gasteiger partial charge in [0.05, 0.1) is 5.56 Å². The van der Waals surface area contributed by atoms with Crippen LogP contribution in [0.15, 0.2) is 30.7 Å². The van der Waals surface area contributed by atoms with Crippen LogP contribution in [0.4, 0.5) is 11.5 Å². The predicted octanol–water partition coefficient (Wildman–Crippen LogP) is 2.49. The first-order chi connectivity index (χ1) is 10.5. The SMILES string of the molecule is Cc1c(O)cccc1Nc1ncnn2cc(C(=O)O)c(C)c12. The molecule has 2 aromatic heterocycles. The molecule has 3 rings (SSSR count). The monoisotopic (exact) mass is 298 g/mol. The molecule has 3 N–H and O–H groups in total. The largest absolute Gasteiger partial charge is 0.508 e. The van der Waals surface area contributed by atoms with Gasteiger partial charge in [0.1, 0.15) is 17.6 Å². The van der Waals surface area contributed by atoms with Gasteiger partial charge in [-0.25, -0.2) is 14.3 Å². The molecule has 0 aliphatic rings. The highest BCUT2D eigenvalue weighted by Crippen LogP contribution is 2.29. The van der Waals surface area contributed by atoms with E-state index in [9.17, 15) is 15.0 Å². The van der Waals surface area contributed by atoms with Crippen molar-refractivity contribution in [2.24, 2.45) is 0 Å². The van der Waals surface area contributed by atoms with Crippen LogP contribution < -0.4 is 5.32 Å². The highest BCUT2D eigenvalue weighted by molar-refractivity contribution is 5.94. The Balaban J connectivity index is 2.15. The maximum absolute atomic E-state index is 11.2. The fraction of sp³-hybridized carbons (Fsp3) is 0.133. The van der Waals surface area contributed by atoms with Gasteiger partial charge in [-0.05, 0) is 31.5 Å². The Morgan fingerprint density at radius 2 is 2.05 bits per heavy atom. The van der Waals surface area contributed by atoms with Crippen molar-refractivity contribution in [3.8, 4) is 5.75 Å². The van der Waals surface area contributed by atoms with E-state index in [1.165, 1.54) is 17.0 Å². The lowest BCUT2D eigenvalue weighted by atomic mass is 10.1. The van der Waals surface area contributed by atoms with Gasteiger partial charge in [-0.15, -0.1) is 0 Å². The molecule has 1 aromatic carbocycles. The molecule has 0 fully saturated rings. The van der Waals surface area contributed by atoms with Crippen LogP contribution in [-0.2, 0) is 0 Å². The molecule has 0 bridgehead atoms. The minimum absolute atomic E-state index is 0.174. The summed E-state index contributed by atoms with van der Waals surface area (Å²) in [5.74, 6) is -0.357. The quantitative estimate of drug-likeness (QED) is 0.687. The number of aromatic nitrogens is 3. The molecular formula is C15H14N4O3. The van der Waals surface area contributed by atoms with Gasteiger partial charge in [0, 0.05) is 17.4 Å². The van der Waals surface area contributed by atoms with Crippen molar-refractivity contribution in [1.29, 1.82) is 0 Å². The number of nitrogens with zero attached hydrogens (tertiary/aromatic N) is 3. The number of fused-ring (bicyclic) bond motifs is 1. The Morgan fingerprint density at radius 1 is 1.27 bits per heavy atom. The molecule has 0 radical (unpaired) electrons. The normalized spacial score (nSPS) is 10.8. The summed E-state index contributed by atoms with van der Waals surface area (Å²) in [7, 11) is 0. The zero-order chi connectivity index (χ0) is 15.9. The number of aromatic hydroxyl groups is 1. The van der Waals surface area contributed by atoms with Gasteiger partial charge in [0.15, 0.2) is 5.82 Å². The van der Waals surface area contributed by atoms with Crippen molar-refractivity contribution in [3.63, 3.8) is 0 Å². The second-order valence-corrected chi connectivity index (χ2v) is 4.95. The fourth-order valence-electron chi connectivity index (χ4n) is 2.35. The van der Waals surface area contributed by atoms with Crippen molar-refractivity contribution < 1.29 is 15.0 Å². The standard InChI is InChI=1S/C15H14N4O3/c1-8-10(15(21)22)6-19-13(8)14(16-7-17-19)18-11-4-3-5-12(20)9(11)2/h3-7,20H,1-2H3,(H,21,22)(H,16,17,18). The van der Waals surface area contributed by atoms with Crippen molar-refractivity contribution in [2.75, 3.05) is 5.32 Å². The Labute approximate surface area is 125 Å². The van der Waals surface area contributed by atoms with E-state index < -0.39 is 5.97 Å². The van der Waals surface area contributed by atoms with Gasteiger partial charge < -0.3 is 15.5 Å². The zero-order valence-corrected chi connectivity index (χ0v) is 12.0. The molecule has 0 atom stereocenters. The fourth-order valence-corrected chi connectivity index (χ4v) is 2.35. The maximum Gasteiger partial charge on any atom is 0.337 e. The van der Waals surface area contributed by atoms with Crippen LogP contribution >= 0.6 is 0 Å². The van der Waals surface area contributed by atoms with E-state index >= 15 is 0 Å². The number of aromatic carboxylic acids is 1. The topological polar surface area (TPSA) is 99.8 Å². The first-order valence-electron chi connectivity index (χ1n) is 6.61. The Hall–Kier alpha value is -3.09. The van der Waals surface area contributed by atoms with Gasteiger partial charge in [0.2, 0.25) is 0 Å². The summed E-state index contributed by atoms with van der Waals surface area (Å²) >= 11 is 0. The van der Waals surface area contributed by atoms with Crippen LogP contribution in [0.2, 0.25) is 0 Å². The van der Waals surface area contributed by atoms with Crippen LogP contribution in [0.1, 0.15) is 21.5 Å². The van der Waals surface area contributed by atoms with Crippen molar-refractivity contribution >= 4 is 23.0 Å². The van der Waals surface area contributed by atoms with Gasteiger partial charge >= 0.3 is 5.97 Å². The first kappa shape index (κ1) is 13.9. The molecule has 3 aromatic rings. The number of rotatable bonds is 3. The van der Waals surface area contributed by atoms with Crippen molar-refractivity contribution in [2.45, 2.75) is 13.8 Å². The second-order valence-electron chi connectivity index (χ2n) is 4.95. The van der Waals surface area contributed by atoms with E-state index in [2.05, 4.69) is 15.4 Å². The summed E-state index contributed by atoms with van der Waals surface area (Å²) < 4.78 is 1.48. The molecule has 0 amide bonds. The van der Waals surface area contributed by atoms with Crippen LogP contribution in [-0.4, -0.2) is 30.8 Å². The molecule has 0 spiro atoms. The number of phenolic OH excluding ortho intramolecular Hbond substituents is 1. The number of nitrogens with one attached hydrogen (secondary N) is 1. The molecule has 7 nitrogen and oxygen atoms in total. The average Bonchev–Trinajstić information content (AvgIpc) is 2.82. The first-order valence-corrected chi connectivity index (χ1v) is 6.61. The molecule has 2 heterocycles. The number of benzene rings is 1. The third-order valence-electron chi connectivity index (χ3n) is 3.62. The molecule has 112 valence electrons. The minimum Gasteiger partial charge on any atom is -0.508 e. The summed E-state index contributed by atoms with van der Waals surface area (Å²) in [6.45, 7) is 3.49. The van der Waals surface area contributed by atoms with Crippen molar-refractivity contribution in [1.82, 2.24) is 14.6 Å². The highest BCUT2D eigenvalue weighted by Gasteiger charge is 2.17. The van der Waals surface area contributed by atoms with E-state index in [-0.39, 0.29) is 11.3 Å². The second kappa shape index (κ2) is 5.03. The lowest BCUT2D eigenvalue weighted by Crippen LogP contribution is -2.01. The minimum atomic E-state index is -1.01. The number of hydrogen-bond donors (Lipinski definition) is 3. The summed E-state index contributed by atoms with van der Waals surface area (Å²) in [4.78, 5) is 15.4. The average molecular weight is 298 g/mol. The number of anilines is 2.